The van der Waals surface area contributed by atoms with Gasteiger partial charge in [0, 0.05) is 6.07 Å². The van der Waals surface area contributed by atoms with E-state index in [0.717, 1.165) is 0 Å². The van der Waals surface area contributed by atoms with Crippen molar-refractivity contribution in [2.75, 3.05) is 6.61 Å². The van der Waals surface area contributed by atoms with Gasteiger partial charge in [-0.05, 0) is 49.7 Å². The van der Waals surface area contributed by atoms with Crippen molar-refractivity contribution in [3.63, 3.8) is 0 Å². The number of benzene rings is 1. The molecule has 108 valence electrons. The molecule has 0 unspecified atom stereocenters. The lowest BCUT2D eigenvalue weighted by molar-refractivity contribution is 0.0198. The monoisotopic (exact) mass is 341 g/mol. The molecule has 0 spiro atoms. The Balaban J connectivity index is 3.05. The molecule has 0 fully saturated rings. The molecule has 0 aliphatic rings. The maximum absolute atomic E-state index is 11.7. The van der Waals surface area contributed by atoms with Gasteiger partial charge >= 0.3 is 6.16 Å². The lowest BCUT2D eigenvalue weighted by Gasteiger charge is -2.19. The third-order valence-corrected chi connectivity index (χ3v) is 2.60. The highest BCUT2D eigenvalue weighted by atomic mass is 79.9. The Morgan fingerprint density at radius 1 is 1.40 bits per heavy atom. The molecule has 1 rings (SSSR count). The highest BCUT2D eigenvalue weighted by molar-refractivity contribution is 9.10. The summed E-state index contributed by atoms with van der Waals surface area (Å²) in [6.07, 6.45) is -0.830. The number of ether oxygens (including phenoxy) is 3. The molecule has 0 saturated heterocycles. The smallest absolute Gasteiger partial charge is 0.490 e. The van der Waals surface area contributed by atoms with E-state index in [-0.39, 0.29) is 5.75 Å². The van der Waals surface area contributed by atoms with E-state index in [1.165, 1.54) is 6.07 Å². The van der Waals surface area contributed by atoms with Crippen LogP contribution in [-0.2, 0) is 4.74 Å². The largest absolute Gasteiger partial charge is 0.514 e. The SMILES string of the molecule is CCOc1cc(C#N)cc(Br)c1OC(=O)OC(C)(C)C. The Morgan fingerprint density at radius 3 is 2.55 bits per heavy atom. The molecule has 0 aliphatic heterocycles. The van der Waals surface area contributed by atoms with E-state index in [4.69, 9.17) is 19.5 Å². The molecule has 0 N–H and O–H groups in total. The molecule has 0 aliphatic carbocycles. The molecule has 0 amide bonds. The molecule has 1 aromatic carbocycles. The van der Waals surface area contributed by atoms with E-state index < -0.39 is 11.8 Å². The zero-order valence-electron chi connectivity index (χ0n) is 11.8. The molecule has 20 heavy (non-hydrogen) atoms. The molecule has 6 heteroatoms. The van der Waals surface area contributed by atoms with Gasteiger partial charge in [-0.25, -0.2) is 4.79 Å². The average molecular weight is 342 g/mol. The van der Waals surface area contributed by atoms with Crippen LogP contribution < -0.4 is 9.47 Å². The number of hydrogen-bond acceptors (Lipinski definition) is 5. The number of halogens is 1. The molecule has 1 aromatic rings. The fraction of sp³-hybridized carbons (Fsp3) is 0.429. The van der Waals surface area contributed by atoms with Gasteiger partial charge in [0.15, 0.2) is 11.5 Å². The van der Waals surface area contributed by atoms with E-state index in [1.54, 1.807) is 33.8 Å². The summed E-state index contributed by atoms with van der Waals surface area (Å²) < 4.78 is 16.1. The van der Waals surface area contributed by atoms with Crippen LogP contribution in [0.5, 0.6) is 11.5 Å². The first kappa shape index (κ1) is 16.3. The minimum absolute atomic E-state index is 0.195. The van der Waals surface area contributed by atoms with E-state index >= 15 is 0 Å². The van der Waals surface area contributed by atoms with Gasteiger partial charge in [-0.15, -0.1) is 0 Å². The molecule has 5 nitrogen and oxygen atoms in total. The minimum Gasteiger partial charge on any atom is -0.490 e. The minimum atomic E-state index is -0.830. The summed E-state index contributed by atoms with van der Waals surface area (Å²) in [6, 6.07) is 5.06. The predicted octanol–water partition coefficient (Wildman–Crippen LogP) is 4.03. The van der Waals surface area contributed by atoms with Gasteiger partial charge < -0.3 is 14.2 Å². The van der Waals surface area contributed by atoms with Crippen LogP contribution >= 0.6 is 15.9 Å². The van der Waals surface area contributed by atoms with Gasteiger partial charge in [0.2, 0.25) is 0 Å². The Bertz CT molecular complexity index is 543. The lowest BCUT2D eigenvalue weighted by atomic mass is 10.2. The number of carbonyl (C=O) groups excluding carboxylic acids is 1. The van der Waals surface area contributed by atoms with Crippen LogP contribution in [0.25, 0.3) is 0 Å². The van der Waals surface area contributed by atoms with E-state index in [0.29, 0.717) is 22.4 Å². The fourth-order valence-electron chi connectivity index (χ4n) is 1.35. The molecule has 0 atom stereocenters. The van der Waals surface area contributed by atoms with Crippen molar-refractivity contribution < 1.29 is 19.0 Å². The Labute approximate surface area is 126 Å². The third-order valence-electron chi connectivity index (χ3n) is 2.01. The summed E-state index contributed by atoms with van der Waals surface area (Å²) in [5.74, 6) is 0.504. The number of rotatable bonds is 3. The first-order valence-electron chi connectivity index (χ1n) is 6.04. The van der Waals surface area contributed by atoms with E-state index in [1.807, 2.05) is 6.07 Å². The molecular weight excluding hydrogens is 326 g/mol. The Morgan fingerprint density at radius 2 is 2.05 bits per heavy atom. The topological polar surface area (TPSA) is 68.5 Å². The summed E-state index contributed by atoms with van der Waals surface area (Å²) in [7, 11) is 0. The molecule has 0 aromatic heterocycles. The van der Waals surface area contributed by atoms with Crippen LogP contribution in [0, 0.1) is 11.3 Å². The van der Waals surface area contributed by atoms with Crippen LogP contribution in [0.1, 0.15) is 33.3 Å². The normalized spacial score (nSPS) is 10.6. The van der Waals surface area contributed by atoms with Gasteiger partial charge in [-0.3, -0.25) is 0 Å². The molecule has 0 radical (unpaired) electrons. The van der Waals surface area contributed by atoms with Crippen molar-refractivity contribution in [1.82, 2.24) is 0 Å². The third kappa shape index (κ3) is 4.74. The van der Waals surface area contributed by atoms with Crippen molar-refractivity contribution in [2.45, 2.75) is 33.3 Å². The second-order valence-corrected chi connectivity index (χ2v) is 5.75. The van der Waals surface area contributed by atoms with Gasteiger partial charge in [0.1, 0.15) is 5.60 Å². The fourth-order valence-corrected chi connectivity index (χ4v) is 1.87. The Kier molecular flexibility index (Phi) is 5.40. The van der Waals surface area contributed by atoms with E-state index in [9.17, 15) is 4.79 Å². The van der Waals surface area contributed by atoms with Crippen molar-refractivity contribution in [3.8, 4) is 17.6 Å². The second kappa shape index (κ2) is 6.62. The zero-order chi connectivity index (χ0) is 15.3. The molecule has 0 saturated carbocycles. The van der Waals surface area contributed by atoms with Crippen LogP contribution in [-0.4, -0.2) is 18.4 Å². The highest BCUT2D eigenvalue weighted by Crippen LogP contribution is 2.37. The summed E-state index contributed by atoms with van der Waals surface area (Å²) >= 11 is 3.25. The van der Waals surface area contributed by atoms with Gasteiger partial charge in [-0.1, -0.05) is 0 Å². The maximum atomic E-state index is 11.7. The van der Waals surface area contributed by atoms with Crippen LogP contribution in [0.3, 0.4) is 0 Å². The van der Waals surface area contributed by atoms with Crippen molar-refractivity contribution in [1.29, 1.82) is 5.26 Å². The van der Waals surface area contributed by atoms with Gasteiger partial charge in [-0.2, -0.15) is 5.26 Å². The first-order chi connectivity index (χ1) is 9.26. The lowest BCUT2D eigenvalue weighted by Crippen LogP contribution is -2.26. The van der Waals surface area contributed by atoms with Crippen LogP contribution in [0.15, 0.2) is 16.6 Å². The van der Waals surface area contributed by atoms with Crippen molar-refractivity contribution >= 4 is 22.1 Å². The van der Waals surface area contributed by atoms with Crippen LogP contribution in [0.2, 0.25) is 0 Å². The Hall–Kier alpha value is -1.74. The van der Waals surface area contributed by atoms with Crippen molar-refractivity contribution in [3.05, 3.63) is 22.2 Å². The summed E-state index contributed by atoms with van der Waals surface area (Å²) in [5.41, 5.74) is -0.251. The van der Waals surface area contributed by atoms with Gasteiger partial charge in [0.25, 0.3) is 0 Å². The first-order valence-corrected chi connectivity index (χ1v) is 6.83. The number of nitrogens with zero attached hydrogens (tertiary/aromatic N) is 1. The standard InChI is InChI=1S/C14H16BrNO4/c1-5-18-11-7-9(8-16)6-10(15)12(11)19-13(17)20-14(2,3)4/h6-7H,5H2,1-4H3. The van der Waals surface area contributed by atoms with Crippen molar-refractivity contribution in [2.24, 2.45) is 0 Å². The average Bonchev–Trinajstić information content (AvgIpc) is 2.31. The highest BCUT2D eigenvalue weighted by Gasteiger charge is 2.21. The molecule has 0 bridgehead atoms. The number of carbonyl (C=O) groups is 1. The number of hydrogen-bond donors (Lipinski definition) is 0. The quantitative estimate of drug-likeness (QED) is 0.613. The molecule has 0 heterocycles. The predicted molar refractivity (Wildman–Crippen MR) is 76.9 cm³/mol. The van der Waals surface area contributed by atoms with E-state index in [2.05, 4.69) is 15.9 Å². The molecular formula is C14H16BrNO4. The van der Waals surface area contributed by atoms with Gasteiger partial charge in [0.05, 0.1) is 22.7 Å². The summed E-state index contributed by atoms with van der Waals surface area (Å²) in [6.45, 7) is 7.40. The zero-order valence-corrected chi connectivity index (χ0v) is 13.4. The summed E-state index contributed by atoms with van der Waals surface area (Å²) in [4.78, 5) is 11.7. The summed E-state index contributed by atoms with van der Waals surface area (Å²) in [5, 5.41) is 8.92. The maximum Gasteiger partial charge on any atom is 0.514 e. The second-order valence-electron chi connectivity index (χ2n) is 4.90. The number of nitriles is 1. The van der Waals surface area contributed by atoms with Crippen LogP contribution in [0.4, 0.5) is 4.79 Å².